The van der Waals surface area contributed by atoms with Crippen LogP contribution in [0, 0.1) is 0 Å². The number of rotatable bonds is 7. The Morgan fingerprint density at radius 1 is 1.22 bits per heavy atom. The molecule has 0 radical (unpaired) electrons. The molecule has 0 N–H and O–H groups in total. The summed E-state index contributed by atoms with van der Waals surface area (Å²) in [5.74, 6) is 0.375. The number of para-hydroxylation sites is 2. The Kier molecular flexibility index (Phi) is 4.83. The van der Waals surface area contributed by atoms with Crippen molar-refractivity contribution in [3.05, 3.63) is 65.1 Å². The van der Waals surface area contributed by atoms with Crippen molar-refractivity contribution in [3.8, 4) is 0 Å². The fourth-order valence-electron chi connectivity index (χ4n) is 2.61. The molecular formula is C17H17F2N3S. The zero-order valence-electron chi connectivity index (χ0n) is 12.5. The van der Waals surface area contributed by atoms with Crippen LogP contribution in [0.1, 0.15) is 17.3 Å². The van der Waals surface area contributed by atoms with Gasteiger partial charge in [0.1, 0.15) is 5.82 Å². The van der Waals surface area contributed by atoms with E-state index in [9.17, 15) is 8.78 Å². The highest BCUT2D eigenvalue weighted by atomic mass is 32.1. The van der Waals surface area contributed by atoms with Gasteiger partial charge < -0.3 is 0 Å². The number of thiophene rings is 1. The Morgan fingerprint density at radius 2 is 2.04 bits per heavy atom. The van der Waals surface area contributed by atoms with Gasteiger partial charge in [-0.2, -0.15) is 8.78 Å². The predicted molar refractivity (Wildman–Crippen MR) is 89.6 cm³/mol. The summed E-state index contributed by atoms with van der Waals surface area (Å²) >= 11 is 1.65. The highest BCUT2D eigenvalue weighted by Gasteiger charge is 2.19. The fraction of sp³-hybridized carbons (Fsp3) is 0.235. The van der Waals surface area contributed by atoms with Crippen LogP contribution in [0.2, 0.25) is 0 Å². The van der Waals surface area contributed by atoms with Gasteiger partial charge in [0.25, 0.3) is 0 Å². The predicted octanol–water partition coefficient (Wildman–Crippen LogP) is 4.68. The van der Waals surface area contributed by atoms with Crippen LogP contribution < -0.4 is 0 Å². The number of halogens is 2. The van der Waals surface area contributed by atoms with Gasteiger partial charge in [0, 0.05) is 18.0 Å². The maximum atomic E-state index is 13.5. The monoisotopic (exact) mass is 333 g/mol. The van der Waals surface area contributed by atoms with Crippen molar-refractivity contribution in [1.29, 1.82) is 0 Å². The van der Waals surface area contributed by atoms with Crippen molar-refractivity contribution in [2.24, 2.45) is 0 Å². The third-order valence-electron chi connectivity index (χ3n) is 3.58. The van der Waals surface area contributed by atoms with Crippen LogP contribution in [0.4, 0.5) is 8.78 Å². The van der Waals surface area contributed by atoms with E-state index in [4.69, 9.17) is 0 Å². The summed E-state index contributed by atoms with van der Waals surface area (Å²) in [7, 11) is 0. The second-order valence-electron chi connectivity index (χ2n) is 5.20. The third kappa shape index (κ3) is 3.48. The summed E-state index contributed by atoms with van der Waals surface area (Å²) in [6.07, 6.45) is 1.78. The Morgan fingerprint density at radius 3 is 2.74 bits per heavy atom. The van der Waals surface area contributed by atoms with Gasteiger partial charge >= 0.3 is 6.55 Å². The highest BCUT2D eigenvalue weighted by molar-refractivity contribution is 7.09. The summed E-state index contributed by atoms with van der Waals surface area (Å²) in [6.45, 7) is 2.81. The Bertz CT molecular complexity index is 780. The number of nitrogens with zero attached hydrogens (tertiary/aromatic N) is 3. The number of hydrogen-bond acceptors (Lipinski definition) is 3. The smallest absolute Gasteiger partial charge is 0.287 e. The molecule has 0 aliphatic heterocycles. The molecule has 2 heterocycles. The van der Waals surface area contributed by atoms with Crippen LogP contribution in [-0.2, 0) is 13.1 Å². The van der Waals surface area contributed by atoms with E-state index in [0.29, 0.717) is 36.5 Å². The standard InChI is InChI=1S/C17H17F2N3S/c1-2-9-21(11-13-6-5-10-23-13)12-16-20-14-7-3-4-8-15(14)22(16)17(18)19/h2-8,10,17H,1,9,11-12H2. The van der Waals surface area contributed by atoms with Gasteiger partial charge in [-0.05, 0) is 23.6 Å². The average Bonchev–Trinajstić information content (AvgIpc) is 3.14. The van der Waals surface area contributed by atoms with Crippen molar-refractivity contribution in [2.75, 3.05) is 6.54 Å². The fourth-order valence-corrected chi connectivity index (χ4v) is 3.36. The molecule has 0 aliphatic rings. The van der Waals surface area contributed by atoms with Gasteiger partial charge in [-0.1, -0.05) is 24.3 Å². The summed E-state index contributed by atoms with van der Waals surface area (Å²) in [6, 6.07) is 11.0. The molecule has 0 unspecified atom stereocenters. The number of imidazole rings is 1. The molecular weight excluding hydrogens is 316 g/mol. The van der Waals surface area contributed by atoms with Crippen LogP contribution in [0.15, 0.2) is 54.4 Å². The van der Waals surface area contributed by atoms with Gasteiger partial charge in [-0.15, -0.1) is 17.9 Å². The van der Waals surface area contributed by atoms with Crippen LogP contribution in [0.3, 0.4) is 0 Å². The summed E-state index contributed by atoms with van der Waals surface area (Å²) < 4.78 is 28.0. The van der Waals surface area contributed by atoms with Gasteiger partial charge in [0.05, 0.1) is 17.6 Å². The molecule has 3 aromatic rings. The van der Waals surface area contributed by atoms with Gasteiger partial charge in [-0.3, -0.25) is 9.47 Å². The molecule has 0 saturated heterocycles. The first-order valence-corrected chi connectivity index (χ1v) is 8.16. The quantitative estimate of drug-likeness (QED) is 0.585. The first-order chi connectivity index (χ1) is 11.2. The topological polar surface area (TPSA) is 21.1 Å². The molecule has 3 rings (SSSR count). The van der Waals surface area contributed by atoms with E-state index in [2.05, 4.69) is 16.5 Å². The number of alkyl halides is 2. The first kappa shape index (κ1) is 15.8. The van der Waals surface area contributed by atoms with Crippen molar-refractivity contribution in [2.45, 2.75) is 19.6 Å². The van der Waals surface area contributed by atoms with E-state index in [1.54, 1.807) is 35.6 Å². The van der Waals surface area contributed by atoms with Crippen LogP contribution in [-0.4, -0.2) is 21.0 Å². The lowest BCUT2D eigenvalue weighted by molar-refractivity contribution is 0.0685. The van der Waals surface area contributed by atoms with Crippen molar-refractivity contribution >= 4 is 22.4 Å². The normalized spacial score (nSPS) is 11.7. The van der Waals surface area contributed by atoms with Crippen molar-refractivity contribution < 1.29 is 8.78 Å². The van der Waals surface area contributed by atoms with Gasteiger partial charge in [-0.25, -0.2) is 4.98 Å². The maximum absolute atomic E-state index is 13.5. The number of aromatic nitrogens is 2. The minimum Gasteiger partial charge on any atom is -0.287 e. The molecule has 0 amide bonds. The van der Waals surface area contributed by atoms with E-state index in [-0.39, 0.29) is 0 Å². The van der Waals surface area contributed by atoms with Gasteiger partial charge in [0.2, 0.25) is 0 Å². The first-order valence-electron chi connectivity index (χ1n) is 7.28. The zero-order valence-corrected chi connectivity index (χ0v) is 13.3. The SMILES string of the molecule is C=CCN(Cc1cccs1)Cc1nc2ccccc2n1C(F)F. The third-order valence-corrected chi connectivity index (χ3v) is 4.44. The minimum absolute atomic E-state index is 0.350. The number of benzene rings is 1. The molecule has 2 aromatic heterocycles. The summed E-state index contributed by atoms with van der Waals surface area (Å²) in [5.41, 5.74) is 1.06. The van der Waals surface area contributed by atoms with Crippen LogP contribution in [0.5, 0.6) is 0 Å². The molecule has 1 aromatic carbocycles. The Hall–Kier alpha value is -2.05. The average molecular weight is 333 g/mol. The lowest BCUT2D eigenvalue weighted by Crippen LogP contribution is -2.24. The highest BCUT2D eigenvalue weighted by Crippen LogP contribution is 2.24. The molecule has 120 valence electrons. The Balaban J connectivity index is 1.91. The lowest BCUT2D eigenvalue weighted by atomic mass is 10.3. The van der Waals surface area contributed by atoms with E-state index >= 15 is 0 Å². The molecule has 0 aliphatic carbocycles. The maximum Gasteiger partial charge on any atom is 0.320 e. The van der Waals surface area contributed by atoms with E-state index in [1.807, 2.05) is 23.6 Å². The number of fused-ring (bicyclic) bond motifs is 1. The van der Waals surface area contributed by atoms with E-state index < -0.39 is 6.55 Å². The molecule has 0 atom stereocenters. The lowest BCUT2D eigenvalue weighted by Gasteiger charge is -2.20. The molecule has 0 spiro atoms. The molecule has 6 heteroatoms. The van der Waals surface area contributed by atoms with E-state index in [0.717, 1.165) is 4.57 Å². The summed E-state index contributed by atoms with van der Waals surface area (Å²) in [4.78, 5) is 7.64. The molecule has 0 fully saturated rings. The van der Waals surface area contributed by atoms with Crippen LogP contribution >= 0.6 is 11.3 Å². The van der Waals surface area contributed by atoms with Crippen LogP contribution in [0.25, 0.3) is 11.0 Å². The second-order valence-corrected chi connectivity index (χ2v) is 6.23. The van der Waals surface area contributed by atoms with Crippen molar-refractivity contribution in [3.63, 3.8) is 0 Å². The zero-order chi connectivity index (χ0) is 16.2. The molecule has 0 bridgehead atoms. The van der Waals surface area contributed by atoms with E-state index in [1.165, 1.54) is 4.88 Å². The second kappa shape index (κ2) is 7.02. The molecule has 3 nitrogen and oxygen atoms in total. The summed E-state index contributed by atoms with van der Waals surface area (Å²) in [5, 5.41) is 2.01. The Labute approximate surface area is 137 Å². The molecule has 23 heavy (non-hydrogen) atoms. The molecule has 0 saturated carbocycles. The minimum atomic E-state index is -2.61. The van der Waals surface area contributed by atoms with Crippen molar-refractivity contribution in [1.82, 2.24) is 14.5 Å². The van der Waals surface area contributed by atoms with Gasteiger partial charge in [0.15, 0.2) is 0 Å². The number of hydrogen-bond donors (Lipinski definition) is 0. The largest absolute Gasteiger partial charge is 0.320 e.